The molecule has 2 aromatic heterocycles. The molecule has 3 aromatic rings. The minimum Gasteiger partial charge on any atom is -0.481 e. The number of ether oxygens (including phenoxy) is 1. The van der Waals surface area contributed by atoms with Gasteiger partial charge in [-0.25, -0.2) is 4.98 Å². The quantitative estimate of drug-likeness (QED) is 0.679. The molecule has 20 heavy (non-hydrogen) atoms. The molecule has 4 nitrogen and oxygen atoms in total. The lowest BCUT2D eigenvalue weighted by atomic mass is 9.95. The van der Waals surface area contributed by atoms with Crippen LogP contribution in [0, 0.1) is 0 Å². The third-order valence-corrected chi connectivity index (χ3v) is 3.72. The highest BCUT2D eigenvalue weighted by atomic mass is 16.5. The van der Waals surface area contributed by atoms with Gasteiger partial charge in [-0.3, -0.25) is 4.40 Å². The summed E-state index contributed by atoms with van der Waals surface area (Å²) in [6.07, 6.45) is 1.90. The van der Waals surface area contributed by atoms with E-state index in [1.54, 1.807) is 0 Å². The first kappa shape index (κ1) is 11.3. The summed E-state index contributed by atoms with van der Waals surface area (Å²) in [6.45, 7) is 4.11. The van der Waals surface area contributed by atoms with Crippen molar-refractivity contribution >= 4 is 11.3 Å². The molecule has 0 saturated heterocycles. The lowest BCUT2D eigenvalue weighted by Crippen LogP contribution is -2.30. The maximum Gasteiger partial charge on any atom is 0.146 e. The van der Waals surface area contributed by atoms with Crippen molar-refractivity contribution in [3.8, 4) is 17.0 Å². The number of hydrogen-bond acceptors (Lipinski definition) is 3. The Kier molecular flexibility index (Phi) is 2.01. The number of nitrogen functional groups attached to an aromatic ring is 1. The minimum atomic E-state index is -0.448. The molecule has 0 amide bonds. The second-order valence-electron chi connectivity index (χ2n) is 5.61. The molecule has 0 bridgehead atoms. The van der Waals surface area contributed by atoms with E-state index in [4.69, 9.17) is 15.5 Å². The van der Waals surface area contributed by atoms with E-state index in [1.165, 1.54) is 0 Å². The number of imidazole rings is 1. The summed E-state index contributed by atoms with van der Waals surface area (Å²) < 4.78 is 8.18. The summed E-state index contributed by atoms with van der Waals surface area (Å²) in [5.41, 5.74) is 10.1. The number of fused-ring (bicyclic) bond motifs is 5. The lowest BCUT2D eigenvalue weighted by molar-refractivity contribution is 0.0996. The molecule has 0 unspecified atom stereocenters. The number of para-hydroxylation sites is 1. The van der Waals surface area contributed by atoms with Gasteiger partial charge in [-0.1, -0.05) is 12.1 Å². The Bertz CT molecular complexity index is 833. The van der Waals surface area contributed by atoms with Crippen LogP contribution in [0.1, 0.15) is 19.5 Å². The third kappa shape index (κ3) is 1.39. The summed E-state index contributed by atoms with van der Waals surface area (Å²) in [5, 5.41) is 0. The number of nitrogens with two attached hydrogens (primary N) is 1. The van der Waals surface area contributed by atoms with Crippen LogP contribution in [0.25, 0.3) is 16.9 Å². The van der Waals surface area contributed by atoms with Gasteiger partial charge in [0.1, 0.15) is 22.7 Å². The molecule has 1 aliphatic heterocycles. The van der Waals surface area contributed by atoms with Crippen molar-refractivity contribution in [3.05, 3.63) is 48.3 Å². The van der Waals surface area contributed by atoms with E-state index >= 15 is 0 Å². The number of aromatic nitrogens is 2. The molecule has 4 heteroatoms. The maximum atomic E-state index is 6.15. The number of nitrogens with zero attached hydrogens (tertiary/aromatic N) is 2. The SMILES string of the molecule is CC1(C)Oc2ccccc2-c2nc3ccc(N)cn3c21. The van der Waals surface area contributed by atoms with Crippen LogP contribution in [0.2, 0.25) is 0 Å². The van der Waals surface area contributed by atoms with Crippen LogP contribution in [-0.4, -0.2) is 9.38 Å². The molecule has 0 spiro atoms. The fraction of sp³-hybridized carbons (Fsp3) is 0.188. The fourth-order valence-electron chi connectivity index (χ4n) is 2.90. The molecule has 100 valence electrons. The van der Waals surface area contributed by atoms with Crippen molar-refractivity contribution in [1.82, 2.24) is 9.38 Å². The largest absolute Gasteiger partial charge is 0.481 e. The van der Waals surface area contributed by atoms with Gasteiger partial charge in [-0.2, -0.15) is 0 Å². The van der Waals surface area contributed by atoms with Crippen LogP contribution in [0.4, 0.5) is 5.69 Å². The number of rotatable bonds is 0. The zero-order chi connectivity index (χ0) is 13.9. The van der Waals surface area contributed by atoms with Crippen molar-refractivity contribution in [2.45, 2.75) is 19.4 Å². The molecule has 2 N–H and O–H groups in total. The highest BCUT2D eigenvalue weighted by Gasteiger charge is 2.36. The van der Waals surface area contributed by atoms with Gasteiger partial charge < -0.3 is 10.5 Å². The van der Waals surface area contributed by atoms with Crippen LogP contribution in [-0.2, 0) is 5.60 Å². The molecule has 1 aromatic carbocycles. The van der Waals surface area contributed by atoms with Crippen LogP contribution < -0.4 is 10.5 Å². The van der Waals surface area contributed by atoms with Gasteiger partial charge in [-0.05, 0) is 38.1 Å². The first-order chi connectivity index (χ1) is 9.56. The Morgan fingerprint density at radius 2 is 1.95 bits per heavy atom. The van der Waals surface area contributed by atoms with E-state index in [0.717, 1.165) is 28.3 Å². The highest BCUT2D eigenvalue weighted by molar-refractivity contribution is 5.75. The summed E-state index contributed by atoms with van der Waals surface area (Å²) in [7, 11) is 0. The Hall–Kier alpha value is -2.49. The van der Waals surface area contributed by atoms with Gasteiger partial charge in [0.25, 0.3) is 0 Å². The number of benzene rings is 1. The molecule has 4 rings (SSSR count). The van der Waals surface area contributed by atoms with Crippen molar-refractivity contribution < 1.29 is 4.74 Å². The Balaban J connectivity index is 2.15. The first-order valence-electron chi connectivity index (χ1n) is 6.63. The third-order valence-electron chi connectivity index (χ3n) is 3.72. The van der Waals surface area contributed by atoms with E-state index < -0.39 is 5.60 Å². The summed E-state index contributed by atoms with van der Waals surface area (Å²) in [6, 6.07) is 11.8. The lowest BCUT2D eigenvalue weighted by Gasteiger charge is -2.32. The van der Waals surface area contributed by atoms with Crippen LogP contribution >= 0.6 is 0 Å². The van der Waals surface area contributed by atoms with Crippen LogP contribution in [0.15, 0.2) is 42.6 Å². The molecular weight excluding hydrogens is 250 g/mol. The topological polar surface area (TPSA) is 52.5 Å². The second-order valence-corrected chi connectivity index (χ2v) is 5.61. The van der Waals surface area contributed by atoms with Gasteiger partial charge in [-0.15, -0.1) is 0 Å². The first-order valence-corrected chi connectivity index (χ1v) is 6.63. The van der Waals surface area contributed by atoms with Gasteiger partial charge >= 0.3 is 0 Å². The zero-order valence-electron chi connectivity index (χ0n) is 11.4. The zero-order valence-corrected chi connectivity index (χ0v) is 11.4. The number of hydrogen-bond donors (Lipinski definition) is 1. The molecule has 0 aliphatic carbocycles. The van der Waals surface area contributed by atoms with Gasteiger partial charge in [0.2, 0.25) is 0 Å². The van der Waals surface area contributed by atoms with Crippen molar-refractivity contribution in [3.63, 3.8) is 0 Å². The van der Waals surface area contributed by atoms with E-state index in [9.17, 15) is 0 Å². The maximum absolute atomic E-state index is 6.15. The Morgan fingerprint density at radius 3 is 2.80 bits per heavy atom. The number of pyridine rings is 1. The van der Waals surface area contributed by atoms with Crippen molar-refractivity contribution in [2.24, 2.45) is 0 Å². The van der Waals surface area contributed by atoms with Crippen molar-refractivity contribution in [2.75, 3.05) is 5.73 Å². The molecular formula is C16H15N3O. The minimum absolute atomic E-state index is 0.448. The summed E-state index contributed by atoms with van der Waals surface area (Å²) in [5.74, 6) is 0.876. The van der Waals surface area contributed by atoms with Gasteiger partial charge in [0.05, 0.1) is 5.69 Å². The monoisotopic (exact) mass is 265 g/mol. The molecule has 0 atom stereocenters. The van der Waals surface area contributed by atoms with E-state index in [2.05, 4.69) is 13.8 Å². The van der Waals surface area contributed by atoms with Crippen LogP contribution in [0.3, 0.4) is 0 Å². The molecule has 1 aliphatic rings. The average molecular weight is 265 g/mol. The molecule has 0 saturated carbocycles. The molecule has 0 radical (unpaired) electrons. The standard InChI is InChI=1S/C16H15N3O/c1-16(2)15-14(11-5-3-4-6-12(11)20-16)18-13-8-7-10(17)9-19(13)15/h3-9H,17H2,1-2H3. The van der Waals surface area contributed by atoms with Crippen molar-refractivity contribution in [1.29, 1.82) is 0 Å². The Morgan fingerprint density at radius 1 is 1.15 bits per heavy atom. The Labute approximate surface area is 116 Å². The van der Waals surface area contributed by atoms with E-state index in [1.807, 2.05) is 47.0 Å². The smallest absolute Gasteiger partial charge is 0.146 e. The molecule has 0 fully saturated rings. The molecule has 3 heterocycles. The summed E-state index contributed by atoms with van der Waals surface area (Å²) in [4.78, 5) is 4.76. The fourth-order valence-corrected chi connectivity index (χ4v) is 2.90. The second kappa shape index (κ2) is 3.54. The van der Waals surface area contributed by atoms with Gasteiger partial charge in [0, 0.05) is 17.4 Å². The van der Waals surface area contributed by atoms with Crippen LogP contribution in [0.5, 0.6) is 5.75 Å². The number of anilines is 1. The summed E-state index contributed by atoms with van der Waals surface area (Å²) >= 11 is 0. The van der Waals surface area contributed by atoms with Gasteiger partial charge in [0.15, 0.2) is 0 Å². The highest BCUT2D eigenvalue weighted by Crippen LogP contribution is 2.44. The normalized spacial score (nSPS) is 15.5. The van der Waals surface area contributed by atoms with E-state index in [0.29, 0.717) is 5.69 Å². The van der Waals surface area contributed by atoms with E-state index in [-0.39, 0.29) is 0 Å². The predicted octanol–water partition coefficient (Wildman–Crippen LogP) is 3.21. The average Bonchev–Trinajstić information content (AvgIpc) is 2.78. The predicted molar refractivity (Wildman–Crippen MR) is 78.7 cm³/mol.